The van der Waals surface area contributed by atoms with E-state index in [1.807, 2.05) is 34.2 Å². The van der Waals surface area contributed by atoms with Gasteiger partial charge in [0.05, 0.1) is 0 Å². The summed E-state index contributed by atoms with van der Waals surface area (Å²) in [5.41, 5.74) is 0.768. The molecule has 0 saturated carbocycles. The zero-order valence-corrected chi connectivity index (χ0v) is 13.8. The number of amides is 1. The average molecular weight is 325 g/mol. The molecule has 4 rings (SSSR count). The highest BCUT2D eigenvalue weighted by Gasteiger charge is 2.46. The van der Waals surface area contributed by atoms with E-state index in [1.54, 1.807) is 6.20 Å². The molecule has 2 aromatic rings. The summed E-state index contributed by atoms with van der Waals surface area (Å²) in [6.45, 7) is 4.50. The molecular formula is C18H23N5O. The SMILES string of the molecule is O=C(N1CCC1)C1(n2cccn2)CCN(Cc2ccncc2)CC1. The molecule has 0 aromatic carbocycles. The number of hydrogen-bond donors (Lipinski definition) is 0. The molecule has 0 N–H and O–H groups in total. The molecule has 0 aliphatic carbocycles. The van der Waals surface area contributed by atoms with E-state index in [0.29, 0.717) is 0 Å². The van der Waals surface area contributed by atoms with Crippen LogP contribution in [0.5, 0.6) is 0 Å². The summed E-state index contributed by atoms with van der Waals surface area (Å²) in [6, 6.07) is 6.02. The average Bonchev–Trinajstić information content (AvgIpc) is 3.10. The van der Waals surface area contributed by atoms with Gasteiger partial charge in [0.15, 0.2) is 0 Å². The standard InChI is InChI=1S/C18H23N5O/c24-17(22-10-2-11-22)18(23-12-1-7-20-23)5-13-21(14-6-18)15-16-3-8-19-9-4-16/h1,3-4,7-9,12H,2,5-6,10-11,13-15H2. The van der Waals surface area contributed by atoms with Gasteiger partial charge >= 0.3 is 0 Å². The third-order valence-electron chi connectivity index (χ3n) is 5.32. The lowest BCUT2D eigenvalue weighted by atomic mass is 9.85. The Morgan fingerprint density at radius 3 is 2.42 bits per heavy atom. The molecule has 0 bridgehead atoms. The van der Waals surface area contributed by atoms with Crippen LogP contribution < -0.4 is 0 Å². The highest BCUT2D eigenvalue weighted by Crippen LogP contribution is 2.33. The van der Waals surface area contributed by atoms with Crippen LogP contribution in [0.4, 0.5) is 0 Å². The Hall–Kier alpha value is -2.21. The smallest absolute Gasteiger partial charge is 0.250 e. The molecule has 1 amide bonds. The van der Waals surface area contributed by atoms with E-state index in [4.69, 9.17) is 0 Å². The number of aromatic nitrogens is 3. The van der Waals surface area contributed by atoms with Crippen LogP contribution in [-0.4, -0.2) is 56.7 Å². The number of likely N-dealkylation sites (tertiary alicyclic amines) is 2. The minimum atomic E-state index is -0.501. The fraction of sp³-hybridized carbons (Fsp3) is 0.500. The maximum atomic E-state index is 13.1. The van der Waals surface area contributed by atoms with Crippen molar-refractivity contribution in [3.63, 3.8) is 0 Å². The van der Waals surface area contributed by atoms with E-state index in [9.17, 15) is 4.79 Å². The zero-order chi connectivity index (χ0) is 16.4. The number of carbonyl (C=O) groups excluding carboxylic acids is 1. The van der Waals surface area contributed by atoms with Crippen LogP contribution in [0.25, 0.3) is 0 Å². The van der Waals surface area contributed by atoms with Crippen LogP contribution >= 0.6 is 0 Å². The highest BCUT2D eigenvalue weighted by molar-refractivity contribution is 5.85. The lowest BCUT2D eigenvalue weighted by molar-refractivity contribution is -0.148. The van der Waals surface area contributed by atoms with E-state index < -0.39 is 5.54 Å². The maximum Gasteiger partial charge on any atom is 0.250 e. The zero-order valence-electron chi connectivity index (χ0n) is 13.8. The minimum Gasteiger partial charge on any atom is -0.340 e. The summed E-state index contributed by atoms with van der Waals surface area (Å²) in [5.74, 6) is 0.251. The molecule has 0 radical (unpaired) electrons. The third-order valence-corrected chi connectivity index (χ3v) is 5.32. The second-order valence-corrected chi connectivity index (χ2v) is 6.76. The monoisotopic (exact) mass is 325 g/mol. The minimum absolute atomic E-state index is 0.251. The maximum absolute atomic E-state index is 13.1. The predicted octanol–water partition coefficient (Wildman–Crippen LogP) is 1.50. The molecule has 2 aliphatic rings. The van der Waals surface area contributed by atoms with Gasteiger partial charge < -0.3 is 4.90 Å². The fourth-order valence-electron chi connectivity index (χ4n) is 3.70. The van der Waals surface area contributed by atoms with Gasteiger partial charge in [-0.25, -0.2) is 0 Å². The Kier molecular flexibility index (Phi) is 4.06. The van der Waals surface area contributed by atoms with Crippen molar-refractivity contribution in [2.75, 3.05) is 26.2 Å². The van der Waals surface area contributed by atoms with Gasteiger partial charge in [-0.1, -0.05) is 0 Å². The van der Waals surface area contributed by atoms with Crippen LogP contribution in [-0.2, 0) is 16.9 Å². The van der Waals surface area contributed by atoms with E-state index in [0.717, 1.165) is 52.0 Å². The molecule has 4 heterocycles. The highest BCUT2D eigenvalue weighted by atomic mass is 16.2. The lowest BCUT2D eigenvalue weighted by Crippen LogP contribution is -2.59. The molecule has 6 nitrogen and oxygen atoms in total. The molecule has 6 heteroatoms. The molecule has 2 fully saturated rings. The first-order chi connectivity index (χ1) is 11.8. The van der Waals surface area contributed by atoms with Gasteiger partial charge in [-0.3, -0.25) is 19.4 Å². The Bertz CT molecular complexity index is 673. The van der Waals surface area contributed by atoms with Crippen molar-refractivity contribution >= 4 is 5.91 Å². The Labute approximate surface area is 142 Å². The largest absolute Gasteiger partial charge is 0.340 e. The number of piperidine rings is 1. The normalized spacial score (nSPS) is 20.6. The first-order valence-corrected chi connectivity index (χ1v) is 8.69. The summed E-state index contributed by atoms with van der Waals surface area (Å²) >= 11 is 0. The molecule has 2 aliphatic heterocycles. The molecule has 0 unspecified atom stereocenters. The second-order valence-electron chi connectivity index (χ2n) is 6.76. The van der Waals surface area contributed by atoms with E-state index in [-0.39, 0.29) is 5.91 Å². The fourth-order valence-corrected chi connectivity index (χ4v) is 3.70. The number of nitrogens with zero attached hydrogens (tertiary/aromatic N) is 5. The van der Waals surface area contributed by atoms with Gasteiger partial charge in [-0.15, -0.1) is 0 Å². The Morgan fingerprint density at radius 1 is 1.08 bits per heavy atom. The van der Waals surface area contributed by atoms with Gasteiger partial charge in [0.2, 0.25) is 0 Å². The molecule has 0 spiro atoms. The quantitative estimate of drug-likeness (QED) is 0.855. The second kappa shape index (κ2) is 6.36. The molecule has 2 aromatic heterocycles. The van der Waals surface area contributed by atoms with Crippen molar-refractivity contribution in [2.45, 2.75) is 31.3 Å². The van der Waals surface area contributed by atoms with E-state index in [1.165, 1.54) is 5.56 Å². The van der Waals surface area contributed by atoms with Crippen LogP contribution in [0.2, 0.25) is 0 Å². The first-order valence-electron chi connectivity index (χ1n) is 8.69. The summed E-state index contributed by atoms with van der Waals surface area (Å²) in [6.07, 6.45) is 10.1. The van der Waals surface area contributed by atoms with Crippen molar-refractivity contribution in [2.24, 2.45) is 0 Å². The lowest BCUT2D eigenvalue weighted by Gasteiger charge is -2.45. The molecular weight excluding hydrogens is 302 g/mol. The van der Waals surface area contributed by atoms with Gasteiger partial charge in [-0.05, 0) is 43.0 Å². The van der Waals surface area contributed by atoms with Gasteiger partial charge in [0, 0.05) is 57.5 Å². The summed E-state index contributed by atoms with van der Waals surface area (Å²) in [7, 11) is 0. The van der Waals surface area contributed by atoms with Crippen LogP contribution in [0, 0.1) is 0 Å². The van der Waals surface area contributed by atoms with Gasteiger partial charge in [0.1, 0.15) is 5.54 Å². The first kappa shape index (κ1) is 15.3. The van der Waals surface area contributed by atoms with Gasteiger partial charge in [-0.2, -0.15) is 5.10 Å². The third kappa shape index (κ3) is 2.71. The van der Waals surface area contributed by atoms with Crippen LogP contribution in [0.1, 0.15) is 24.8 Å². The molecule has 2 saturated heterocycles. The summed E-state index contributed by atoms with van der Waals surface area (Å²) in [5, 5.41) is 4.43. The number of carbonyl (C=O) groups is 1. The number of rotatable bonds is 4. The summed E-state index contributed by atoms with van der Waals surface area (Å²) in [4.78, 5) is 21.6. The Balaban J connectivity index is 1.49. The predicted molar refractivity (Wildman–Crippen MR) is 90.1 cm³/mol. The van der Waals surface area contributed by atoms with Crippen molar-refractivity contribution in [3.8, 4) is 0 Å². The topological polar surface area (TPSA) is 54.3 Å². The van der Waals surface area contributed by atoms with Gasteiger partial charge in [0.25, 0.3) is 5.91 Å². The van der Waals surface area contributed by atoms with E-state index >= 15 is 0 Å². The molecule has 24 heavy (non-hydrogen) atoms. The van der Waals surface area contributed by atoms with Crippen molar-refractivity contribution in [1.82, 2.24) is 24.6 Å². The van der Waals surface area contributed by atoms with Crippen LogP contribution in [0.3, 0.4) is 0 Å². The Morgan fingerprint density at radius 2 is 1.83 bits per heavy atom. The molecule has 0 atom stereocenters. The van der Waals surface area contributed by atoms with Crippen molar-refractivity contribution in [1.29, 1.82) is 0 Å². The van der Waals surface area contributed by atoms with Crippen molar-refractivity contribution in [3.05, 3.63) is 48.5 Å². The molecule has 126 valence electrons. The number of pyridine rings is 1. The van der Waals surface area contributed by atoms with Crippen molar-refractivity contribution < 1.29 is 4.79 Å². The van der Waals surface area contributed by atoms with E-state index in [2.05, 4.69) is 27.1 Å². The summed E-state index contributed by atoms with van der Waals surface area (Å²) < 4.78 is 1.90. The van der Waals surface area contributed by atoms with Crippen LogP contribution in [0.15, 0.2) is 43.0 Å². The number of hydrogen-bond acceptors (Lipinski definition) is 4.